The Morgan fingerprint density at radius 3 is 2.89 bits per heavy atom. The summed E-state index contributed by atoms with van der Waals surface area (Å²) in [6.45, 7) is 2.50. The summed E-state index contributed by atoms with van der Waals surface area (Å²) in [6, 6.07) is 12.8. The minimum absolute atomic E-state index is 0.206. The van der Waals surface area contributed by atoms with Gasteiger partial charge in [0.15, 0.2) is 0 Å². The Morgan fingerprint density at radius 2 is 2.05 bits per heavy atom. The van der Waals surface area contributed by atoms with Crippen LogP contribution in [-0.2, 0) is 6.61 Å². The summed E-state index contributed by atoms with van der Waals surface area (Å²) < 4.78 is 20.1. The maximum absolute atomic E-state index is 13.3. The smallest absolute Gasteiger partial charge is 0.123 e. The van der Waals surface area contributed by atoms with Gasteiger partial charge in [0.1, 0.15) is 18.2 Å². The number of ether oxygens (including phenoxy) is 1. The van der Waals surface area contributed by atoms with Crippen LogP contribution in [0, 0.1) is 12.7 Å². The Bertz CT molecular complexity index is 718. The Hall–Kier alpha value is -1.87. The highest BCUT2D eigenvalue weighted by Gasteiger charge is 2.06. The molecule has 2 aromatic carbocycles. The molecule has 1 heterocycles. The zero-order valence-electron chi connectivity index (χ0n) is 10.5. The highest BCUT2D eigenvalue weighted by Crippen LogP contribution is 2.27. The summed E-state index contributed by atoms with van der Waals surface area (Å²) >= 11 is 1.61. The van der Waals surface area contributed by atoms with E-state index >= 15 is 0 Å². The molecule has 3 heteroatoms. The van der Waals surface area contributed by atoms with Gasteiger partial charge in [-0.1, -0.05) is 12.1 Å². The predicted molar refractivity (Wildman–Crippen MR) is 77.3 cm³/mol. The Morgan fingerprint density at radius 1 is 1.16 bits per heavy atom. The number of fused-ring (bicyclic) bond motifs is 1. The van der Waals surface area contributed by atoms with Crippen LogP contribution in [-0.4, -0.2) is 0 Å². The van der Waals surface area contributed by atoms with Crippen LogP contribution in [0.15, 0.2) is 47.8 Å². The molecular formula is C16H13FOS. The molecule has 19 heavy (non-hydrogen) atoms. The van der Waals surface area contributed by atoms with E-state index in [0.29, 0.717) is 6.61 Å². The molecule has 0 atom stereocenters. The van der Waals surface area contributed by atoms with E-state index in [1.165, 1.54) is 11.6 Å². The second-order valence-corrected chi connectivity index (χ2v) is 5.42. The van der Waals surface area contributed by atoms with Crippen molar-refractivity contribution in [2.45, 2.75) is 13.5 Å². The average molecular weight is 272 g/mol. The largest absolute Gasteiger partial charge is 0.489 e. The number of hydrogen-bond donors (Lipinski definition) is 0. The predicted octanol–water partition coefficient (Wildman–Crippen LogP) is 4.93. The molecule has 0 aliphatic rings. The Labute approximate surface area is 115 Å². The topological polar surface area (TPSA) is 9.23 Å². The van der Waals surface area contributed by atoms with E-state index in [2.05, 4.69) is 0 Å². The number of thiophene rings is 1. The van der Waals surface area contributed by atoms with Crippen molar-refractivity contribution in [3.05, 3.63) is 64.8 Å². The van der Waals surface area contributed by atoms with E-state index in [4.69, 9.17) is 4.74 Å². The van der Waals surface area contributed by atoms with Gasteiger partial charge in [-0.2, -0.15) is 0 Å². The highest BCUT2D eigenvalue weighted by atomic mass is 32.1. The molecule has 0 N–H and O–H groups in total. The zero-order valence-corrected chi connectivity index (χ0v) is 11.3. The molecule has 0 fully saturated rings. The fourth-order valence-electron chi connectivity index (χ4n) is 2.03. The summed E-state index contributed by atoms with van der Waals surface area (Å²) in [4.78, 5) is 0. The van der Waals surface area contributed by atoms with Gasteiger partial charge in [-0.25, -0.2) is 4.39 Å². The maximum Gasteiger partial charge on any atom is 0.123 e. The van der Waals surface area contributed by atoms with E-state index in [-0.39, 0.29) is 5.82 Å². The van der Waals surface area contributed by atoms with Crippen LogP contribution in [0.25, 0.3) is 10.1 Å². The molecule has 0 radical (unpaired) electrons. The first-order valence-corrected chi connectivity index (χ1v) is 6.95. The van der Waals surface area contributed by atoms with Gasteiger partial charge in [0.05, 0.1) is 0 Å². The standard InChI is InChI=1S/C16H13FOS/c1-11-3-2-4-14(7-11)18-9-12-10-19-16-6-5-13(17)8-15(12)16/h2-8,10H,9H2,1H3. The van der Waals surface area contributed by atoms with Gasteiger partial charge in [0.2, 0.25) is 0 Å². The average Bonchev–Trinajstić information content (AvgIpc) is 2.79. The monoisotopic (exact) mass is 272 g/mol. The van der Waals surface area contributed by atoms with Crippen LogP contribution in [0.4, 0.5) is 4.39 Å². The molecule has 0 spiro atoms. The van der Waals surface area contributed by atoms with Crippen molar-refractivity contribution in [1.82, 2.24) is 0 Å². The first-order valence-electron chi connectivity index (χ1n) is 6.07. The molecule has 1 aromatic heterocycles. The van der Waals surface area contributed by atoms with Crippen molar-refractivity contribution < 1.29 is 9.13 Å². The number of aryl methyl sites for hydroxylation is 1. The second-order valence-electron chi connectivity index (χ2n) is 4.51. The second kappa shape index (κ2) is 5.02. The molecule has 0 unspecified atom stereocenters. The van der Waals surface area contributed by atoms with Gasteiger partial charge in [0.25, 0.3) is 0 Å². The van der Waals surface area contributed by atoms with Crippen LogP contribution in [0.3, 0.4) is 0 Å². The lowest BCUT2D eigenvalue weighted by Crippen LogP contribution is -1.94. The van der Waals surface area contributed by atoms with E-state index in [1.807, 2.05) is 42.6 Å². The molecule has 0 saturated carbocycles. The minimum Gasteiger partial charge on any atom is -0.489 e. The molecule has 1 nitrogen and oxygen atoms in total. The van der Waals surface area contributed by atoms with Crippen molar-refractivity contribution >= 4 is 21.4 Å². The van der Waals surface area contributed by atoms with Gasteiger partial charge < -0.3 is 4.74 Å². The fourth-order valence-corrected chi connectivity index (χ4v) is 2.96. The van der Waals surface area contributed by atoms with Crippen LogP contribution in [0.2, 0.25) is 0 Å². The van der Waals surface area contributed by atoms with Crippen LogP contribution >= 0.6 is 11.3 Å². The minimum atomic E-state index is -0.206. The zero-order chi connectivity index (χ0) is 13.2. The van der Waals surface area contributed by atoms with E-state index in [1.54, 1.807) is 17.4 Å². The molecule has 0 aliphatic carbocycles. The molecule has 3 aromatic rings. The van der Waals surface area contributed by atoms with Crippen molar-refractivity contribution in [1.29, 1.82) is 0 Å². The van der Waals surface area contributed by atoms with Gasteiger partial charge >= 0.3 is 0 Å². The van der Waals surface area contributed by atoms with Crippen molar-refractivity contribution in [3.63, 3.8) is 0 Å². The van der Waals surface area contributed by atoms with Gasteiger partial charge in [-0.15, -0.1) is 11.3 Å². The molecular weight excluding hydrogens is 259 g/mol. The summed E-state index contributed by atoms with van der Waals surface area (Å²) in [5.74, 6) is 0.637. The van der Waals surface area contributed by atoms with E-state index in [9.17, 15) is 4.39 Å². The van der Waals surface area contributed by atoms with Gasteiger partial charge in [0, 0.05) is 15.6 Å². The molecule has 3 rings (SSSR count). The Balaban J connectivity index is 1.84. The number of hydrogen-bond acceptors (Lipinski definition) is 2. The van der Waals surface area contributed by atoms with Crippen molar-refractivity contribution in [2.24, 2.45) is 0 Å². The molecule has 96 valence electrons. The maximum atomic E-state index is 13.3. The number of rotatable bonds is 3. The van der Waals surface area contributed by atoms with Crippen LogP contribution < -0.4 is 4.74 Å². The van der Waals surface area contributed by atoms with Crippen LogP contribution in [0.1, 0.15) is 11.1 Å². The van der Waals surface area contributed by atoms with Crippen molar-refractivity contribution in [3.8, 4) is 5.75 Å². The number of benzene rings is 2. The third kappa shape index (κ3) is 2.61. The molecule has 0 aliphatic heterocycles. The fraction of sp³-hybridized carbons (Fsp3) is 0.125. The van der Waals surface area contributed by atoms with Gasteiger partial charge in [-0.05, 0) is 48.2 Å². The molecule has 0 amide bonds. The number of halogens is 1. The molecule has 0 saturated heterocycles. The highest BCUT2D eigenvalue weighted by molar-refractivity contribution is 7.17. The van der Waals surface area contributed by atoms with E-state index in [0.717, 1.165) is 21.4 Å². The Kier molecular flexibility index (Phi) is 3.22. The van der Waals surface area contributed by atoms with Crippen LogP contribution in [0.5, 0.6) is 5.75 Å². The lowest BCUT2D eigenvalue weighted by Gasteiger charge is -2.06. The quantitative estimate of drug-likeness (QED) is 0.657. The van der Waals surface area contributed by atoms with Crippen molar-refractivity contribution in [2.75, 3.05) is 0 Å². The SMILES string of the molecule is Cc1cccc(OCc2csc3ccc(F)cc23)c1. The van der Waals surface area contributed by atoms with Gasteiger partial charge in [-0.3, -0.25) is 0 Å². The van der Waals surface area contributed by atoms with E-state index < -0.39 is 0 Å². The first-order chi connectivity index (χ1) is 9.22. The summed E-state index contributed by atoms with van der Waals surface area (Å²) in [5, 5.41) is 2.97. The summed E-state index contributed by atoms with van der Waals surface area (Å²) in [5.41, 5.74) is 2.19. The lowest BCUT2D eigenvalue weighted by atomic mass is 10.2. The summed E-state index contributed by atoms with van der Waals surface area (Å²) in [6.07, 6.45) is 0. The first kappa shape index (κ1) is 12.2. The normalized spacial score (nSPS) is 10.8. The third-order valence-corrected chi connectivity index (χ3v) is 4.01. The molecule has 0 bridgehead atoms. The summed E-state index contributed by atoms with van der Waals surface area (Å²) in [7, 11) is 0. The third-order valence-electron chi connectivity index (χ3n) is 3.00. The lowest BCUT2D eigenvalue weighted by molar-refractivity contribution is 0.308.